The lowest BCUT2D eigenvalue weighted by molar-refractivity contribution is -0.121. The molecule has 1 aromatic carbocycles. The second kappa shape index (κ2) is 10.6. The van der Waals surface area contributed by atoms with Crippen molar-refractivity contribution in [3.05, 3.63) is 35.9 Å². The highest BCUT2D eigenvalue weighted by molar-refractivity contribution is 5.85. The van der Waals surface area contributed by atoms with E-state index in [1.165, 1.54) is 12.0 Å². The van der Waals surface area contributed by atoms with E-state index in [0.29, 0.717) is 25.3 Å². The first-order valence-corrected chi connectivity index (χ1v) is 8.35. The van der Waals surface area contributed by atoms with Crippen molar-refractivity contribution in [2.75, 3.05) is 19.6 Å². The molecule has 2 rings (SSSR count). The molecule has 1 saturated heterocycles. The topological polar surface area (TPSA) is 61.4 Å². The van der Waals surface area contributed by atoms with Crippen molar-refractivity contribution in [3.63, 3.8) is 0 Å². The van der Waals surface area contributed by atoms with Gasteiger partial charge in [0.15, 0.2) is 0 Å². The van der Waals surface area contributed by atoms with Gasteiger partial charge in [-0.05, 0) is 50.8 Å². The molecule has 1 fully saturated rings. The molecule has 0 radical (unpaired) electrons. The molecule has 1 aromatic rings. The standard InChI is InChI=1S/C18H28N2O2.ClH/c1-14(21)11-17(16-5-3-2-4-6-16)13-20-18(22)8-7-15-9-10-19-12-15;/h2-6,14-15,17,19,21H,7-13H2,1H3,(H,20,22);1H. The van der Waals surface area contributed by atoms with Crippen LogP contribution in [0.25, 0.3) is 0 Å². The minimum atomic E-state index is -0.369. The second-order valence-corrected chi connectivity index (χ2v) is 6.39. The number of amides is 1. The van der Waals surface area contributed by atoms with Crippen LogP contribution in [0.1, 0.15) is 44.1 Å². The van der Waals surface area contributed by atoms with Crippen LogP contribution in [-0.2, 0) is 4.79 Å². The molecule has 23 heavy (non-hydrogen) atoms. The van der Waals surface area contributed by atoms with Crippen LogP contribution in [0.5, 0.6) is 0 Å². The summed E-state index contributed by atoms with van der Waals surface area (Å²) < 4.78 is 0. The third-order valence-electron chi connectivity index (χ3n) is 4.38. The Morgan fingerprint density at radius 3 is 2.74 bits per heavy atom. The SMILES string of the molecule is CC(O)CC(CNC(=O)CCC1CCNC1)c1ccccc1.Cl. The summed E-state index contributed by atoms with van der Waals surface area (Å²) in [5.41, 5.74) is 1.17. The maximum Gasteiger partial charge on any atom is 0.220 e. The number of hydrogen-bond donors (Lipinski definition) is 3. The van der Waals surface area contributed by atoms with Crippen molar-refractivity contribution in [1.82, 2.24) is 10.6 Å². The summed E-state index contributed by atoms with van der Waals surface area (Å²) in [6.07, 6.45) is 3.04. The van der Waals surface area contributed by atoms with Crippen LogP contribution in [0.3, 0.4) is 0 Å². The average Bonchev–Trinajstić information content (AvgIpc) is 3.03. The zero-order valence-corrected chi connectivity index (χ0v) is 14.6. The summed E-state index contributed by atoms with van der Waals surface area (Å²) in [7, 11) is 0. The highest BCUT2D eigenvalue weighted by Crippen LogP contribution is 2.20. The fourth-order valence-corrected chi connectivity index (χ4v) is 3.10. The molecule has 0 aromatic heterocycles. The zero-order chi connectivity index (χ0) is 15.8. The number of carbonyl (C=O) groups excluding carboxylic acids is 1. The lowest BCUT2D eigenvalue weighted by atomic mass is 9.93. The normalized spacial score (nSPS) is 19.7. The van der Waals surface area contributed by atoms with Crippen LogP contribution in [0.4, 0.5) is 0 Å². The molecule has 1 heterocycles. The molecule has 130 valence electrons. The van der Waals surface area contributed by atoms with E-state index < -0.39 is 0 Å². The molecule has 1 aliphatic heterocycles. The van der Waals surface area contributed by atoms with E-state index in [0.717, 1.165) is 19.5 Å². The van der Waals surface area contributed by atoms with Gasteiger partial charge in [-0.15, -0.1) is 12.4 Å². The van der Waals surface area contributed by atoms with Crippen molar-refractivity contribution in [1.29, 1.82) is 0 Å². The molecule has 3 N–H and O–H groups in total. The lowest BCUT2D eigenvalue weighted by Gasteiger charge is -2.20. The van der Waals surface area contributed by atoms with Gasteiger partial charge in [0.1, 0.15) is 0 Å². The summed E-state index contributed by atoms with van der Waals surface area (Å²) in [4.78, 5) is 12.0. The number of nitrogens with one attached hydrogen (secondary N) is 2. The van der Waals surface area contributed by atoms with Gasteiger partial charge in [-0.25, -0.2) is 0 Å². The molecule has 1 aliphatic rings. The highest BCUT2D eigenvalue weighted by Gasteiger charge is 2.18. The molecule has 0 aliphatic carbocycles. The number of rotatable bonds is 8. The number of aliphatic hydroxyl groups excluding tert-OH is 1. The van der Waals surface area contributed by atoms with Crippen LogP contribution in [-0.4, -0.2) is 36.8 Å². The Morgan fingerprint density at radius 2 is 2.13 bits per heavy atom. The third kappa shape index (κ3) is 7.34. The van der Waals surface area contributed by atoms with Gasteiger partial charge < -0.3 is 15.7 Å². The Morgan fingerprint density at radius 1 is 1.39 bits per heavy atom. The Hall–Kier alpha value is -1.10. The van der Waals surface area contributed by atoms with E-state index in [1.807, 2.05) is 18.2 Å². The Labute approximate surface area is 145 Å². The van der Waals surface area contributed by atoms with E-state index in [9.17, 15) is 9.90 Å². The van der Waals surface area contributed by atoms with Crippen molar-refractivity contribution in [3.8, 4) is 0 Å². The average molecular weight is 341 g/mol. The monoisotopic (exact) mass is 340 g/mol. The van der Waals surface area contributed by atoms with E-state index in [1.54, 1.807) is 6.92 Å². The maximum absolute atomic E-state index is 12.0. The highest BCUT2D eigenvalue weighted by atomic mass is 35.5. The fourth-order valence-electron chi connectivity index (χ4n) is 3.10. The number of aliphatic hydroxyl groups is 1. The summed E-state index contributed by atoms with van der Waals surface area (Å²) >= 11 is 0. The van der Waals surface area contributed by atoms with Crippen LogP contribution >= 0.6 is 12.4 Å². The smallest absolute Gasteiger partial charge is 0.220 e. The molecule has 3 unspecified atom stereocenters. The van der Waals surface area contributed by atoms with Crippen molar-refractivity contribution in [2.45, 2.75) is 44.6 Å². The van der Waals surface area contributed by atoms with Gasteiger partial charge in [-0.3, -0.25) is 4.79 Å². The van der Waals surface area contributed by atoms with Crippen molar-refractivity contribution < 1.29 is 9.90 Å². The molecule has 4 nitrogen and oxygen atoms in total. The van der Waals surface area contributed by atoms with E-state index in [4.69, 9.17) is 0 Å². The maximum atomic E-state index is 12.0. The van der Waals surface area contributed by atoms with E-state index in [2.05, 4.69) is 22.8 Å². The van der Waals surface area contributed by atoms with Crippen molar-refractivity contribution >= 4 is 18.3 Å². The minimum Gasteiger partial charge on any atom is -0.393 e. The first-order chi connectivity index (χ1) is 10.6. The molecule has 0 bridgehead atoms. The molecular formula is C18H29ClN2O2. The summed E-state index contributed by atoms with van der Waals surface area (Å²) in [6.45, 7) is 4.51. The molecule has 1 amide bonds. The van der Waals surface area contributed by atoms with E-state index in [-0.39, 0.29) is 30.3 Å². The predicted octanol–water partition coefficient (Wildman–Crippen LogP) is 2.47. The van der Waals surface area contributed by atoms with Crippen LogP contribution in [0.15, 0.2) is 30.3 Å². The number of hydrogen-bond acceptors (Lipinski definition) is 3. The van der Waals surface area contributed by atoms with E-state index >= 15 is 0 Å². The second-order valence-electron chi connectivity index (χ2n) is 6.39. The molecule has 3 atom stereocenters. The number of carbonyl (C=O) groups is 1. The largest absolute Gasteiger partial charge is 0.393 e. The quantitative estimate of drug-likeness (QED) is 0.681. The van der Waals surface area contributed by atoms with Crippen LogP contribution in [0.2, 0.25) is 0 Å². The molecule has 0 saturated carbocycles. The van der Waals surface area contributed by atoms with Gasteiger partial charge in [0, 0.05) is 18.9 Å². The Kier molecular flexibility index (Phi) is 9.22. The zero-order valence-electron chi connectivity index (χ0n) is 13.8. The summed E-state index contributed by atoms with van der Waals surface area (Å²) in [6, 6.07) is 10.1. The lowest BCUT2D eigenvalue weighted by Crippen LogP contribution is -2.30. The van der Waals surface area contributed by atoms with Gasteiger partial charge in [-0.1, -0.05) is 30.3 Å². The van der Waals surface area contributed by atoms with Crippen molar-refractivity contribution in [2.24, 2.45) is 5.92 Å². The first-order valence-electron chi connectivity index (χ1n) is 8.35. The summed E-state index contributed by atoms with van der Waals surface area (Å²) in [5, 5.41) is 16.0. The summed E-state index contributed by atoms with van der Waals surface area (Å²) in [5.74, 6) is 0.935. The molecule has 5 heteroatoms. The fraction of sp³-hybridized carbons (Fsp3) is 0.611. The Bertz CT molecular complexity index is 448. The van der Waals surface area contributed by atoms with Gasteiger partial charge in [0.2, 0.25) is 5.91 Å². The minimum absolute atomic E-state index is 0. The predicted molar refractivity (Wildman–Crippen MR) is 95.9 cm³/mol. The van der Waals surface area contributed by atoms with Gasteiger partial charge >= 0.3 is 0 Å². The number of benzene rings is 1. The third-order valence-corrected chi connectivity index (χ3v) is 4.38. The molecular weight excluding hydrogens is 312 g/mol. The first kappa shape index (κ1) is 19.9. The Balaban J connectivity index is 0.00000264. The van der Waals surface area contributed by atoms with Crippen LogP contribution in [0, 0.1) is 5.92 Å². The number of halogens is 1. The molecule has 0 spiro atoms. The van der Waals surface area contributed by atoms with Gasteiger partial charge in [-0.2, -0.15) is 0 Å². The van der Waals surface area contributed by atoms with Crippen LogP contribution < -0.4 is 10.6 Å². The van der Waals surface area contributed by atoms with Gasteiger partial charge in [0.25, 0.3) is 0 Å². The van der Waals surface area contributed by atoms with Gasteiger partial charge in [0.05, 0.1) is 6.10 Å².